The third kappa shape index (κ3) is 7.99. The fourth-order valence-corrected chi connectivity index (χ4v) is 4.04. The van der Waals surface area contributed by atoms with Crippen molar-refractivity contribution in [1.82, 2.24) is 5.32 Å². The summed E-state index contributed by atoms with van der Waals surface area (Å²) >= 11 is 5.07. The third-order valence-corrected chi connectivity index (χ3v) is 5.61. The van der Waals surface area contributed by atoms with E-state index >= 15 is 0 Å². The lowest BCUT2D eigenvalue weighted by Gasteiger charge is -2.12. The van der Waals surface area contributed by atoms with Gasteiger partial charge in [-0.25, -0.2) is 8.42 Å². The zero-order valence-electron chi connectivity index (χ0n) is 17.5. The number of ether oxygens (including phenoxy) is 1. The molecule has 0 fully saturated rings. The number of hydrogen-bond acceptors (Lipinski definition) is 6. The average molecular weight is 464 g/mol. The molecule has 0 saturated heterocycles. The van der Waals surface area contributed by atoms with Gasteiger partial charge in [0.2, 0.25) is 5.91 Å². The lowest BCUT2D eigenvalue weighted by atomic mass is 10.1. The van der Waals surface area contributed by atoms with E-state index < -0.39 is 21.9 Å². The maximum absolute atomic E-state index is 12.6. The minimum atomic E-state index is -3.76. The van der Waals surface area contributed by atoms with E-state index in [-0.39, 0.29) is 29.5 Å². The summed E-state index contributed by atoms with van der Waals surface area (Å²) in [4.78, 5) is 23.2. The summed E-state index contributed by atoms with van der Waals surface area (Å²) in [5.74, 6) is -0.884. The van der Waals surface area contributed by atoms with Gasteiger partial charge in [-0.3, -0.25) is 14.3 Å². The molecule has 0 aliphatic heterocycles. The van der Waals surface area contributed by atoms with Crippen LogP contribution in [-0.2, 0) is 24.3 Å². The molecule has 166 valence electrons. The first-order valence-corrected chi connectivity index (χ1v) is 11.5. The van der Waals surface area contributed by atoms with Gasteiger partial charge < -0.3 is 15.4 Å². The van der Waals surface area contributed by atoms with Crippen LogP contribution in [-0.4, -0.2) is 32.0 Å². The van der Waals surface area contributed by atoms with Crippen molar-refractivity contribution in [3.05, 3.63) is 53.6 Å². The molecule has 0 radical (unpaired) electrons. The molecule has 1 amide bonds. The highest BCUT2D eigenvalue weighted by Gasteiger charge is 2.15. The molecule has 0 unspecified atom stereocenters. The van der Waals surface area contributed by atoms with Gasteiger partial charge in [0.1, 0.15) is 0 Å². The van der Waals surface area contributed by atoms with E-state index in [1.54, 1.807) is 19.1 Å². The zero-order chi connectivity index (χ0) is 23.0. The molecule has 0 saturated carbocycles. The van der Waals surface area contributed by atoms with Crippen LogP contribution in [0.3, 0.4) is 0 Å². The molecule has 2 aromatic rings. The molecule has 0 bridgehead atoms. The smallest absolute Gasteiger partial charge is 0.306 e. The van der Waals surface area contributed by atoms with Crippen molar-refractivity contribution in [3.63, 3.8) is 0 Å². The van der Waals surface area contributed by atoms with Gasteiger partial charge in [-0.2, -0.15) is 0 Å². The summed E-state index contributed by atoms with van der Waals surface area (Å²) in [7, 11) is -3.76. The second-order valence-electron chi connectivity index (χ2n) is 6.81. The van der Waals surface area contributed by atoms with Crippen LogP contribution in [0.1, 0.15) is 30.9 Å². The molecule has 0 aliphatic carbocycles. The van der Waals surface area contributed by atoms with Crippen molar-refractivity contribution in [1.29, 1.82) is 0 Å². The van der Waals surface area contributed by atoms with Crippen LogP contribution < -0.4 is 15.4 Å². The summed E-state index contributed by atoms with van der Waals surface area (Å²) in [5.41, 5.74) is 2.90. The molecular formula is C21H25N3O5S2. The van der Waals surface area contributed by atoms with Crippen molar-refractivity contribution in [2.24, 2.45) is 0 Å². The van der Waals surface area contributed by atoms with E-state index in [1.807, 2.05) is 19.9 Å². The summed E-state index contributed by atoms with van der Waals surface area (Å²) < 4.78 is 32.6. The van der Waals surface area contributed by atoms with Crippen LogP contribution in [0, 0.1) is 13.8 Å². The van der Waals surface area contributed by atoms with E-state index in [4.69, 9.17) is 17.0 Å². The number of anilines is 2. The van der Waals surface area contributed by atoms with E-state index in [0.717, 1.165) is 11.1 Å². The Balaban J connectivity index is 1.94. The quantitative estimate of drug-likeness (QED) is 0.407. The van der Waals surface area contributed by atoms with Crippen LogP contribution in [0.15, 0.2) is 47.4 Å². The maximum Gasteiger partial charge on any atom is 0.306 e. The van der Waals surface area contributed by atoms with Gasteiger partial charge in [-0.05, 0) is 80.5 Å². The normalized spacial score (nSPS) is 10.8. The molecule has 0 spiro atoms. The maximum atomic E-state index is 12.6. The lowest BCUT2D eigenvalue weighted by molar-refractivity contribution is -0.144. The van der Waals surface area contributed by atoms with E-state index in [0.29, 0.717) is 11.4 Å². The Bertz CT molecular complexity index is 1050. The topological polar surface area (TPSA) is 114 Å². The lowest BCUT2D eigenvalue weighted by Crippen LogP contribution is -2.34. The summed E-state index contributed by atoms with van der Waals surface area (Å²) in [6.07, 6.45) is -0.0930. The van der Waals surface area contributed by atoms with Gasteiger partial charge in [-0.15, -0.1) is 0 Å². The number of hydrogen-bond donors (Lipinski definition) is 3. The number of carbonyl (C=O) groups is 2. The highest BCUT2D eigenvalue weighted by atomic mass is 32.2. The van der Waals surface area contributed by atoms with Crippen LogP contribution in [0.25, 0.3) is 0 Å². The Kier molecular flexibility index (Phi) is 8.52. The second-order valence-corrected chi connectivity index (χ2v) is 8.90. The van der Waals surface area contributed by atoms with Crippen molar-refractivity contribution in [3.8, 4) is 0 Å². The number of rotatable bonds is 8. The molecule has 3 N–H and O–H groups in total. The van der Waals surface area contributed by atoms with Crippen molar-refractivity contribution >= 4 is 50.6 Å². The fourth-order valence-electron chi connectivity index (χ4n) is 2.77. The van der Waals surface area contributed by atoms with Crippen molar-refractivity contribution in [2.75, 3.05) is 16.6 Å². The molecule has 2 rings (SSSR count). The Morgan fingerprint density at radius 1 is 0.968 bits per heavy atom. The number of carbonyl (C=O) groups excluding carboxylic acids is 2. The first-order chi connectivity index (χ1) is 14.6. The van der Waals surface area contributed by atoms with Gasteiger partial charge in [0.15, 0.2) is 5.11 Å². The molecule has 0 heterocycles. The first-order valence-electron chi connectivity index (χ1n) is 9.56. The van der Waals surface area contributed by atoms with Crippen LogP contribution in [0.2, 0.25) is 0 Å². The van der Waals surface area contributed by atoms with E-state index in [1.165, 1.54) is 24.3 Å². The van der Waals surface area contributed by atoms with Crippen LogP contribution in [0.5, 0.6) is 0 Å². The molecule has 31 heavy (non-hydrogen) atoms. The minimum absolute atomic E-state index is 0.0394. The van der Waals surface area contributed by atoms with Gasteiger partial charge in [-0.1, -0.05) is 6.07 Å². The zero-order valence-corrected chi connectivity index (χ0v) is 19.2. The van der Waals surface area contributed by atoms with Gasteiger partial charge in [0.25, 0.3) is 10.0 Å². The Morgan fingerprint density at radius 3 is 2.16 bits per heavy atom. The predicted octanol–water partition coefficient (Wildman–Crippen LogP) is 3.26. The minimum Gasteiger partial charge on any atom is -0.466 e. The number of sulfonamides is 1. The highest BCUT2D eigenvalue weighted by molar-refractivity contribution is 7.92. The van der Waals surface area contributed by atoms with Gasteiger partial charge in [0, 0.05) is 17.8 Å². The molecule has 0 atom stereocenters. The molecule has 10 heteroatoms. The number of aryl methyl sites for hydroxylation is 2. The number of thiocarbonyl (C=S) groups is 1. The van der Waals surface area contributed by atoms with Crippen LogP contribution >= 0.6 is 12.2 Å². The number of nitrogens with one attached hydrogen (secondary N) is 3. The molecule has 0 aromatic heterocycles. The summed E-state index contributed by atoms with van der Waals surface area (Å²) in [6, 6.07) is 11.4. The monoisotopic (exact) mass is 463 g/mol. The van der Waals surface area contributed by atoms with E-state index in [2.05, 4.69) is 15.4 Å². The number of benzene rings is 2. The summed E-state index contributed by atoms with van der Waals surface area (Å²) in [6.45, 7) is 5.73. The number of amides is 1. The first kappa shape index (κ1) is 24.3. The van der Waals surface area contributed by atoms with Gasteiger partial charge in [0.05, 0.1) is 17.9 Å². The highest BCUT2D eigenvalue weighted by Crippen LogP contribution is 2.20. The number of esters is 1. The fraction of sp³-hybridized carbons (Fsp3) is 0.286. The van der Waals surface area contributed by atoms with E-state index in [9.17, 15) is 18.0 Å². The summed E-state index contributed by atoms with van der Waals surface area (Å²) in [5, 5.41) is 5.29. The molecule has 2 aromatic carbocycles. The molecule has 8 nitrogen and oxygen atoms in total. The average Bonchev–Trinajstić information content (AvgIpc) is 2.65. The molecular weight excluding hydrogens is 438 g/mol. The Morgan fingerprint density at radius 2 is 1.58 bits per heavy atom. The van der Waals surface area contributed by atoms with Crippen LogP contribution in [0.4, 0.5) is 11.4 Å². The largest absolute Gasteiger partial charge is 0.466 e. The SMILES string of the molecule is CCOC(=O)CCC(=O)NC(=S)Nc1ccc(S(=O)(=O)Nc2cc(C)cc(C)c2)cc1. The standard InChI is InChI=1S/C21H25N3O5S2/c1-4-29-20(26)10-9-19(25)23-21(30)22-16-5-7-18(8-6-16)31(27,28)24-17-12-14(2)11-15(3)13-17/h5-8,11-13,24H,4,9-10H2,1-3H3,(H2,22,23,25,30). The molecule has 0 aliphatic rings. The Hall–Kier alpha value is -2.98. The third-order valence-electron chi connectivity index (χ3n) is 4.01. The van der Waals surface area contributed by atoms with Crippen molar-refractivity contribution in [2.45, 2.75) is 38.5 Å². The second kappa shape index (κ2) is 10.9. The Labute approximate surface area is 187 Å². The predicted molar refractivity (Wildman–Crippen MR) is 123 cm³/mol. The van der Waals surface area contributed by atoms with Gasteiger partial charge >= 0.3 is 5.97 Å². The van der Waals surface area contributed by atoms with Crippen molar-refractivity contribution < 1.29 is 22.7 Å².